The van der Waals surface area contributed by atoms with Crippen LogP contribution < -0.4 is 9.47 Å². The SMILES string of the molecule is COc1cc(F)c(CCCC(=O)C(C)C)cc1OC. The molecular weight excluding hydrogens is 247 g/mol. The summed E-state index contributed by atoms with van der Waals surface area (Å²) in [5.74, 6) is 0.807. The van der Waals surface area contributed by atoms with Gasteiger partial charge in [-0.3, -0.25) is 4.79 Å². The third-order valence-electron chi connectivity index (χ3n) is 3.07. The number of carbonyl (C=O) groups excluding carboxylic acids is 1. The van der Waals surface area contributed by atoms with Crippen molar-refractivity contribution in [1.29, 1.82) is 0 Å². The summed E-state index contributed by atoms with van der Waals surface area (Å²) >= 11 is 0. The number of aryl methyl sites for hydroxylation is 1. The van der Waals surface area contributed by atoms with Crippen molar-refractivity contribution in [2.45, 2.75) is 33.1 Å². The van der Waals surface area contributed by atoms with E-state index in [1.807, 2.05) is 13.8 Å². The topological polar surface area (TPSA) is 35.5 Å². The van der Waals surface area contributed by atoms with Crippen LogP contribution in [0, 0.1) is 11.7 Å². The summed E-state index contributed by atoms with van der Waals surface area (Å²) in [6.45, 7) is 3.75. The molecule has 0 fully saturated rings. The Morgan fingerprint density at radius 2 is 1.79 bits per heavy atom. The Morgan fingerprint density at radius 1 is 1.21 bits per heavy atom. The number of methoxy groups -OCH3 is 2. The van der Waals surface area contributed by atoms with Crippen LogP contribution in [0.1, 0.15) is 32.3 Å². The average Bonchev–Trinajstić information content (AvgIpc) is 2.39. The lowest BCUT2D eigenvalue weighted by Gasteiger charge is -2.11. The summed E-state index contributed by atoms with van der Waals surface area (Å²) in [7, 11) is 2.99. The lowest BCUT2D eigenvalue weighted by atomic mass is 10.0. The lowest BCUT2D eigenvalue weighted by molar-refractivity contribution is -0.121. The van der Waals surface area contributed by atoms with Crippen LogP contribution in [0.15, 0.2) is 12.1 Å². The van der Waals surface area contributed by atoms with Gasteiger partial charge < -0.3 is 9.47 Å². The van der Waals surface area contributed by atoms with Crippen molar-refractivity contribution in [1.82, 2.24) is 0 Å². The minimum atomic E-state index is -0.324. The monoisotopic (exact) mass is 268 g/mol. The molecule has 106 valence electrons. The highest BCUT2D eigenvalue weighted by molar-refractivity contribution is 5.80. The van der Waals surface area contributed by atoms with Crippen LogP contribution in [0.2, 0.25) is 0 Å². The number of halogens is 1. The second-order valence-corrected chi connectivity index (χ2v) is 4.77. The van der Waals surface area contributed by atoms with E-state index < -0.39 is 0 Å². The van der Waals surface area contributed by atoms with Gasteiger partial charge in [-0.15, -0.1) is 0 Å². The molecule has 0 aliphatic carbocycles. The molecule has 3 nitrogen and oxygen atoms in total. The molecule has 0 saturated carbocycles. The highest BCUT2D eigenvalue weighted by Gasteiger charge is 2.12. The predicted octanol–water partition coefficient (Wildman–Crippen LogP) is 3.39. The van der Waals surface area contributed by atoms with Crippen molar-refractivity contribution >= 4 is 5.78 Å². The smallest absolute Gasteiger partial charge is 0.163 e. The maximum Gasteiger partial charge on any atom is 0.163 e. The Hall–Kier alpha value is -1.58. The van der Waals surface area contributed by atoms with Crippen LogP contribution in [-0.2, 0) is 11.2 Å². The largest absolute Gasteiger partial charge is 0.493 e. The average molecular weight is 268 g/mol. The first-order chi connectivity index (χ1) is 8.99. The van der Waals surface area contributed by atoms with Crippen molar-refractivity contribution in [2.24, 2.45) is 5.92 Å². The van der Waals surface area contributed by atoms with Gasteiger partial charge in [-0.25, -0.2) is 4.39 Å². The van der Waals surface area contributed by atoms with E-state index >= 15 is 0 Å². The molecule has 4 heteroatoms. The number of rotatable bonds is 7. The molecule has 19 heavy (non-hydrogen) atoms. The standard InChI is InChI=1S/C15H21FO3/c1-10(2)13(17)7-5-6-11-8-14(18-3)15(19-4)9-12(11)16/h8-10H,5-7H2,1-4H3. The zero-order valence-electron chi connectivity index (χ0n) is 12.0. The number of ketones is 1. The zero-order chi connectivity index (χ0) is 14.4. The first kappa shape index (κ1) is 15.5. The van der Waals surface area contributed by atoms with Gasteiger partial charge >= 0.3 is 0 Å². The molecule has 0 aliphatic heterocycles. The molecule has 0 amide bonds. The Labute approximate surface area is 113 Å². The fourth-order valence-corrected chi connectivity index (χ4v) is 1.83. The van der Waals surface area contributed by atoms with Gasteiger partial charge in [0.25, 0.3) is 0 Å². The number of hydrogen-bond acceptors (Lipinski definition) is 3. The van der Waals surface area contributed by atoms with E-state index in [0.29, 0.717) is 36.3 Å². The minimum absolute atomic E-state index is 0.0373. The number of hydrogen-bond donors (Lipinski definition) is 0. The van der Waals surface area contributed by atoms with E-state index in [2.05, 4.69) is 0 Å². The van der Waals surface area contributed by atoms with Crippen LogP contribution in [0.5, 0.6) is 11.5 Å². The molecule has 0 aliphatic rings. The highest BCUT2D eigenvalue weighted by Crippen LogP contribution is 2.30. The van der Waals surface area contributed by atoms with E-state index in [1.165, 1.54) is 20.3 Å². The van der Waals surface area contributed by atoms with Crippen molar-refractivity contribution in [3.63, 3.8) is 0 Å². The fraction of sp³-hybridized carbons (Fsp3) is 0.533. The summed E-state index contributed by atoms with van der Waals surface area (Å²) in [5.41, 5.74) is 0.550. The molecule has 1 rings (SSSR count). The number of carbonyl (C=O) groups is 1. The van der Waals surface area contributed by atoms with E-state index in [9.17, 15) is 9.18 Å². The van der Waals surface area contributed by atoms with Gasteiger partial charge in [0, 0.05) is 18.4 Å². The summed E-state index contributed by atoms with van der Waals surface area (Å²) in [5, 5.41) is 0. The van der Waals surface area contributed by atoms with Crippen molar-refractivity contribution in [3.05, 3.63) is 23.5 Å². The molecule has 0 heterocycles. The molecule has 0 atom stereocenters. The molecule has 0 radical (unpaired) electrons. The second-order valence-electron chi connectivity index (χ2n) is 4.77. The Bertz CT molecular complexity index is 441. The molecule has 0 unspecified atom stereocenters. The molecule has 0 spiro atoms. The summed E-state index contributed by atoms with van der Waals surface area (Å²) in [6, 6.07) is 2.95. The number of benzene rings is 1. The lowest BCUT2D eigenvalue weighted by Crippen LogP contribution is -2.07. The third-order valence-corrected chi connectivity index (χ3v) is 3.07. The maximum atomic E-state index is 13.8. The van der Waals surface area contributed by atoms with Gasteiger partial charge in [0.1, 0.15) is 11.6 Å². The molecular formula is C15H21FO3. The molecule has 0 N–H and O–H groups in total. The summed E-state index contributed by atoms with van der Waals surface area (Å²) in [6.07, 6.45) is 1.64. The first-order valence-electron chi connectivity index (χ1n) is 6.42. The van der Waals surface area contributed by atoms with E-state index in [4.69, 9.17) is 9.47 Å². The quantitative estimate of drug-likeness (QED) is 0.760. The van der Waals surface area contributed by atoms with Crippen LogP contribution in [0.3, 0.4) is 0 Å². The zero-order valence-corrected chi connectivity index (χ0v) is 12.0. The molecule has 0 aromatic heterocycles. The van der Waals surface area contributed by atoms with Gasteiger partial charge in [-0.05, 0) is 24.5 Å². The van der Waals surface area contributed by atoms with E-state index in [0.717, 1.165) is 0 Å². The van der Waals surface area contributed by atoms with Crippen LogP contribution in [-0.4, -0.2) is 20.0 Å². The second kappa shape index (κ2) is 7.12. The minimum Gasteiger partial charge on any atom is -0.493 e. The summed E-state index contributed by atoms with van der Waals surface area (Å²) in [4.78, 5) is 11.5. The number of Topliss-reactive ketones (excluding diaryl/α,β-unsaturated/α-hetero) is 1. The van der Waals surface area contributed by atoms with Crippen molar-refractivity contribution in [3.8, 4) is 11.5 Å². The predicted molar refractivity (Wildman–Crippen MR) is 72.3 cm³/mol. The molecule has 0 saturated heterocycles. The van der Waals surface area contributed by atoms with Gasteiger partial charge in [-0.1, -0.05) is 13.8 Å². The van der Waals surface area contributed by atoms with Crippen LogP contribution in [0.25, 0.3) is 0 Å². The Kier molecular flexibility index (Phi) is 5.80. The van der Waals surface area contributed by atoms with Crippen LogP contribution in [0.4, 0.5) is 4.39 Å². The normalized spacial score (nSPS) is 10.6. The van der Waals surface area contributed by atoms with Gasteiger partial charge in [0.15, 0.2) is 11.5 Å². The Balaban J connectivity index is 2.71. The molecule has 1 aromatic rings. The summed E-state index contributed by atoms with van der Waals surface area (Å²) < 4.78 is 24.0. The third kappa shape index (κ3) is 4.23. The van der Waals surface area contributed by atoms with Crippen LogP contribution >= 0.6 is 0 Å². The van der Waals surface area contributed by atoms with Crippen molar-refractivity contribution in [2.75, 3.05) is 14.2 Å². The molecule has 0 bridgehead atoms. The Morgan fingerprint density at radius 3 is 2.32 bits per heavy atom. The molecule has 1 aromatic carbocycles. The number of ether oxygens (including phenoxy) is 2. The van der Waals surface area contributed by atoms with Crippen molar-refractivity contribution < 1.29 is 18.7 Å². The van der Waals surface area contributed by atoms with Gasteiger partial charge in [0.2, 0.25) is 0 Å². The first-order valence-corrected chi connectivity index (χ1v) is 6.42. The maximum absolute atomic E-state index is 13.8. The van der Waals surface area contributed by atoms with E-state index in [1.54, 1.807) is 6.07 Å². The van der Waals surface area contributed by atoms with Gasteiger partial charge in [0.05, 0.1) is 14.2 Å². The fourth-order valence-electron chi connectivity index (χ4n) is 1.83. The highest BCUT2D eigenvalue weighted by atomic mass is 19.1. The van der Waals surface area contributed by atoms with E-state index in [-0.39, 0.29) is 17.5 Å². The van der Waals surface area contributed by atoms with Gasteiger partial charge in [-0.2, -0.15) is 0 Å².